The van der Waals surface area contributed by atoms with E-state index in [2.05, 4.69) is 0 Å². The topological polar surface area (TPSA) is 36.6 Å². The lowest BCUT2D eigenvalue weighted by atomic mass is 10.0. The summed E-state index contributed by atoms with van der Waals surface area (Å²) in [4.78, 5) is 1.43. The molecule has 0 aliphatic carbocycles. The summed E-state index contributed by atoms with van der Waals surface area (Å²) in [6.07, 6.45) is -3.65. The lowest BCUT2D eigenvalue weighted by Crippen LogP contribution is -2.09. The van der Waals surface area contributed by atoms with E-state index in [1.54, 1.807) is 14.1 Å². The van der Waals surface area contributed by atoms with Gasteiger partial charge in [0.2, 0.25) is 5.88 Å². The molecule has 0 bridgehead atoms. The van der Waals surface area contributed by atoms with E-state index in [0.717, 1.165) is 6.26 Å². The SMILES string of the molecule is CN(C)c1occ(O)c1-c1cc(C(F)(F)F)ccc1F. The Hall–Kier alpha value is -2.18. The van der Waals surface area contributed by atoms with E-state index in [0.29, 0.717) is 18.2 Å². The van der Waals surface area contributed by atoms with Crippen molar-refractivity contribution in [3.63, 3.8) is 0 Å². The molecule has 0 unspecified atom stereocenters. The normalized spacial score (nSPS) is 11.7. The molecule has 0 amide bonds. The number of hydrogen-bond acceptors (Lipinski definition) is 3. The Bertz CT molecular complexity index is 632. The highest BCUT2D eigenvalue weighted by Crippen LogP contribution is 2.42. The van der Waals surface area contributed by atoms with Crippen molar-refractivity contribution in [2.24, 2.45) is 0 Å². The molecule has 2 rings (SSSR count). The van der Waals surface area contributed by atoms with Crippen molar-refractivity contribution in [1.82, 2.24) is 0 Å². The van der Waals surface area contributed by atoms with E-state index < -0.39 is 23.3 Å². The van der Waals surface area contributed by atoms with E-state index in [9.17, 15) is 22.7 Å². The highest BCUT2D eigenvalue weighted by molar-refractivity contribution is 5.81. The van der Waals surface area contributed by atoms with Gasteiger partial charge in [-0.2, -0.15) is 13.2 Å². The van der Waals surface area contributed by atoms with Crippen LogP contribution < -0.4 is 4.90 Å². The van der Waals surface area contributed by atoms with Crippen LogP contribution >= 0.6 is 0 Å². The average molecular weight is 289 g/mol. The number of furan rings is 1. The summed E-state index contributed by atoms with van der Waals surface area (Å²) in [5.74, 6) is -1.23. The van der Waals surface area contributed by atoms with Gasteiger partial charge >= 0.3 is 6.18 Å². The van der Waals surface area contributed by atoms with Gasteiger partial charge in [0.25, 0.3) is 0 Å². The second-order valence-corrected chi connectivity index (χ2v) is 4.39. The van der Waals surface area contributed by atoms with Crippen molar-refractivity contribution in [2.75, 3.05) is 19.0 Å². The molecular formula is C13H11F4NO2. The molecule has 3 nitrogen and oxygen atoms in total. The van der Waals surface area contributed by atoms with Crippen LogP contribution in [0.25, 0.3) is 11.1 Å². The first kappa shape index (κ1) is 14.2. The van der Waals surface area contributed by atoms with Crippen molar-refractivity contribution >= 4 is 5.88 Å². The van der Waals surface area contributed by atoms with E-state index >= 15 is 0 Å². The number of anilines is 1. The number of alkyl halides is 3. The van der Waals surface area contributed by atoms with Crippen LogP contribution in [0.1, 0.15) is 5.56 Å². The number of halogens is 4. The standard InChI is InChI=1S/C13H11F4NO2/c1-18(2)12-11(10(19)6-20-12)8-5-7(13(15,16)17)3-4-9(8)14/h3-6,19H,1-2H3. The molecule has 0 fully saturated rings. The molecule has 0 aliphatic heterocycles. The molecule has 1 heterocycles. The first-order valence-corrected chi connectivity index (χ1v) is 5.56. The van der Waals surface area contributed by atoms with Crippen molar-refractivity contribution in [3.8, 4) is 16.9 Å². The first-order valence-electron chi connectivity index (χ1n) is 5.56. The Morgan fingerprint density at radius 1 is 1.20 bits per heavy atom. The van der Waals surface area contributed by atoms with Crippen LogP contribution in [0.3, 0.4) is 0 Å². The molecule has 0 spiro atoms. The van der Waals surface area contributed by atoms with Gasteiger partial charge in [0.15, 0.2) is 5.75 Å². The van der Waals surface area contributed by atoms with Crippen molar-refractivity contribution < 1.29 is 27.1 Å². The lowest BCUT2D eigenvalue weighted by molar-refractivity contribution is -0.137. The quantitative estimate of drug-likeness (QED) is 0.852. The lowest BCUT2D eigenvalue weighted by Gasteiger charge is -2.13. The Morgan fingerprint density at radius 2 is 1.85 bits per heavy atom. The maximum absolute atomic E-state index is 13.8. The summed E-state index contributed by atoms with van der Waals surface area (Å²) >= 11 is 0. The smallest absolute Gasteiger partial charge is 0.416 e. The van der Waals surface area contributed by atoms with E-state index in [-0.39, 0.29) is 17.0 Å². The molecule has 1 aromatic heterocycles. The van der Waals surface area contributed by atoms with Gasteiger partial charge in [0, 0.05) is 19.7 Å². The molecule has 0 radical (unpaired) electrons. The zero-order chi connectivity index (χ0) is 15.1. The van der Waals surface area contributed by atoms with Gasteiger partial charge in [-0.25, -0.2) is 4.39 Å². The molecule has 0 saturated carbocycles. The zero-order valence-electron chi connectivity index (χ0n) is 10.6. The fourth-order valence-electron chi connectivity index (χ4n) is 1.81. The van der Waals surface area contributed by atoms with Crippen LogP contribution in [0.5, 0.6) is 5.75 Å². The van der Waals surface area contributed by atoms with E-state index in [1.165, 1.54) is 4.90 Å². The molecule has 0 saturated heterocycles. The Morgan fingerprint density at radius 3 is 2.40 bits per heavy atom. The van der Waals surface area contributed by atoms with Gasteiger partial charge in [0.1, 0.15) is 12.1 Å². The maximum Gasteiger partial charge on any atom is 0.416 e. The summed E-state index contributed by atoms with van der Waals surface area (Å²) in [6.45, 7) is 0. The number of aromatic hydroxyl groups is 1. The minimum absolute atomic E-state index is 0.0701. The highest BCUT2D eigenvalue weighted by atomic mass is 19.4. The average Bonchev–Trinajstić information content (AvgIpc) is 2.70. The number of nitrogens with zero attached hydrogens (tertiary/aromatic N) is 1. The van der Waals surface area contributed by atoms with Gasteiger partial charge < -0.3 is 14.4 Å². The molecule has 0 atom stereocenters. The predicted molar refractivity (Wildman–Crippen MR) is 65.1 cm³/mol. The fraction of sp³-hybridized carbons (Fsp3) is 0.231. The molecule has 2 aromatic rings. The predicted octanol–water partition coefficient (Wildman–Crippen LogP) is 3.88. The van der Waals surface area contributed by atoms with E-state index in [1.807, 2.05) is 0 Å². The second kappa shape index (κ2) is 4.73. The summed E-state index contributed by atoms with van der Waals surface area (Å²) in [6, 6.07) is 2.00. The number of rotatable bonds is 2. The minimum Gasteiger partial charge on any atom is -0.504 e. The minimum atomic E-state index is -4.60. The molecule has 7 heteroatoms. The van der Waals surface area contributed by atoms with Gasteiger partial charge in [-0.05, 0) is 18.2 Å². The number of benzene rings is 1. The molecular weight excluding hydrogens is 278 g/mol. The molecule has 1 aromatic carbocycles. The number of hydrogen-bond donors (Lipinski definition) is 1. The fourth-order valence-corrected chi connectivity index (χ4v) is 1.81. The summed E-state index contributed by atoms with van der Waals surface area (Å²) in [5.41, 5.74) is -1.48. The van der Waals surface area contributed by atoms with Crippen LogP contribution in [0.4, 0.5) is 23.4 Å². The zero-order valence-corrected chi connectivity index (χ0v) is 10.6. The van der Waals surface area contributed by atoms with Gasteiger partial charge in [0.05, 0.1) is 11.1 Å². The third kappa shape index (κ3) is 2.43. The van der Waals surface area contributed by atoms with Crippen LogP contribution in [0.15, 0.2) is 28.9 Å². The van der Waals surface area contributed by atoms with Crippen LogP contribution in [-0.2, 0) is 6.18 Å². The van der Waals surface area contributed by atoms with Crippen LogP contribution in [0.2, 0.25) is 0 Å². The molecule has 1 N–H and O–H groups in total. The van der Waals surface area contributed by atoms with Gasteiger partial charge in [-0.3, -0.25) is 0 Å². The van der Waals surface area contributed by atoms with Crippen LogP contribution in [-0.4, -0.2) is 19.2 Å². The Balaban J connectivity index is 2.67. The monoisotopic (exact) mass is 289 g/mol. The summed E-state index contributed by atoms with van der Waals surface area (Å²) in [5, 5.41) is 9.68. The van der Waals surface area contributed by atoms with Crippen molar-refractivity contribution in [1.29, 1.82) is 0 Å². The molecule has 20 heavy (non-hydrogen) atoms. The molecule has 108 valence electrons. The summed E-state index contributed by atoms with van der Waals surface area (Å²) < 4.78 is 56.9. The third-order valence-corrected chi connectivity index (χ3v) is 2.72. The highest BCUT2D eigenvalue weighted by Gasteiger charge is 2.32. The van der Waals surface area contributed by atoms with Gasteiger partial charge in [-0.1, -0.05) is 0 Å². The summed E-state index contributed by atoms with van der Waals surface area (Å²) in [7, 11) is 3.13. The Labute approximate surface area is 112 Å². The van der Waals surface area contributed by atoms with Crippen LogP contribution in [0, 0.1) is 5.82 Å². The van der Waals surface area contributed by atoms with E-state index in [4.69, 9.17) is 4.42 Å². The second-order valence-electron chi connectivity index (χ2n) is 4.39. The van der Waals surface area contributed by atoms with Crippen molar-refractivity contribution in [3.05, 3.63) is 35.8 Å². The Kier molecular flexibility index (Phi) is 3.37. The molecule has 0 aliphatic rings. The largest absolute Gasteiger partial charge is 0.504 e. The first-order chi connectivity index (χ1) is 9.21. The maximum atomic E-state index is 13.8. The van der Waals surface area contributed by atoms with Crippen molar-refractivity contribution in [2.45, 2.75) is 6.18 Å². The third-order valence-electron chi connectivity index (χ3n) is 2.72. The van der Waals surface area contributed by atoms with Gasteiger partial charge in [-0.15, -0.1) is 0 Å².